The number of hydrogen-bond donors (Lipinski definition) is 1. The number of aromatic nitrogens is 1. The molecule has 1 aromatic heterocycles. The summed E-state index contributed by atoms with van der Waals surface area (Å²) in [7, 11) is 1.66. The van der Waals surface area contributed by atoms with Crippen LogP contribution in [0.25, 0.3) is 10.9 Å². The lowest BCUT2D eigenvalue weighted by Gasteiger charge is -2.06. The SMILES string of the molecule is COCCOCCCn1cc(CO)c2ccc(Cl)cc21. The summed E-state index contributed by atoms with van der Waals surface area (Å²) in [6.45, 7) is 2.81. The number of halogens is 1. The molecule has 5 heteroatoms. The number of ether oxygens (including phenoxy) is 2. The maximum absolute atomic E-state index is 9.40. The van der Waals surface area contributed by atoms with Gasteiger partial charge in [0.2, 0.25) is 0 Å². The number of methoxy groups -OCH3 is 1. The first-order valence-electron chi connectivity index (χ1n) is 6.71. The van der Waals surface area contributed by atoms with Gasteiger partial charge in [-0.3, -0.25) is 0 Å². The maximum Gasteiger partial charge on any atom is 0.0702 e. The molecule has 0 aliphatic carbocycles. The molecule has 2 rings (SSSR count). The standard InChI is InChI=1S/C15H20ClNO3/c1-19-7-8-20-6-2-5-17-10-12(11-18)14-4-3-13(16)9-15(14)17/h3-4,9-10,18H,2,5-8,11H2,1H3. The molecule has 0 saturated heterocycles. The zero-order valence-electron chi connectivity index (χ0n) is 11.6. The van der Waals surface area contributed by atoms with Crippen molar-refractivity contribution in [2.45, 2.75) is 19.6 Å². The largest absolute Gasteiger partial charge is 0.392 e. The van der Waals surface area contributed by atoms with Crippen molar-refractivity contribution >= 4 is 22.5 Å². The first kappa shape index (κ1) is 15.3. The fourth-order valence-corrected chi connectivity index (χ4v) is 2.40. The van der Waals surface area contributed by atoms with Crippen LogP contribution in [0.5, 0.6) is 0 Å². The third-order valence-corrected chi connectivity index (χ3v) is 3.45. The third-order valence-electron chi connectivity index (χ3n) is 3.22. The number of aliphatic hydroxyl groups excluding tert-OH is 1. The molecule has 0 bridgehead atoms. The van der Waals surface area contributed by atoms with Crippen LogP contribution < -0.4 is 0 Å². The Morgan fingerprint density at radius 2 is 2.10 bits per heavy atom. The van der Waals surface area contributed by atoms with Gasteiger partial charge in [0.15, 0.2) is 0 Å². The molecule has 20 heavy (non-hydrogen) atoms. The van der Waals surface area contributed by atoms with Crippen LogP contribution in [0.2, 0.25) is 5.02 Å². The summed E-state index contributed by atoms with van der Waals surface area (Å²) < 4.78 is 12.5. The van der Waals surface area contributed by atoms with Crippen LogP contribution in [0, 0.1) is 0 Å². The lowest BCUT2D eigenvalue weighted by molar-refractivity contribution is 0.0681. The van der Waals surface area contributed by atoms with E-state index in [-0.39, 0.29) is 6.61 Å². The average Bonchev–Trinajstić information content (AvgIpc) is 2.80. The van der Waals surface area contributed by atoms with E-state index in [2.05, 4.69) is 4.57 Å². The number of fused-ring (bicyclic) bond motifs is 1. The van der Waals surface area contributed by atoms with Gasteiger partial charge in [-0.2, -0.15) is 0 Å². The Kier molecular flexibility index (Phi) is 5.86. The highest BCUT2D eigenvalue weighted by Crippen LogP contribution is 2.25. The van der Waals surface area contributed by atoms with E-state index in [9.17, 15) is 5.11 Å². The molecular weight excluding hydrogens is 278 g/mol. The van der Waals surface area contributed by atoms with Crippen molar-refractivity contribution in [1.82, 2.24) is 4.57 Å². The van der Waals surface area contributed by atoms with E-state index in [0.717, 1.165) is 29.4 Å². The van der Waals surface area contributed by atoms with Crippen LogP contribution in [-0.4, -0.2) is 36.6 Å². The second-order valence-electron chi connectivity index (χ2n) is 4.63. The highest BCUT2D eigenvalue weighted by molar-refractivity contribution is 6.31. The fourth-order valence-electron chi connectivity index (χ4n) is 2.23. The second kappa shape index (κ2) is 7.64. The summed E-state index contributed by atoms with van der Waals surface area (Å²) in [6.07, 6.45) is 2.89. The van der Waals surface area contributed by atoms with Crippen LogP contribution in [0.15, 0.2) is 24.4 Å². The van der Waals surface area contributed by atoms with Gasteiger partial charge in [-0.05, 0) is 18.6 Å². The van der Waals surface area contributed by atoms with Gasteiger partial charge in [0.1, 0.15) is 0 Å². The predicted octanol–water partition coefficient (Wildman–Crippen LogP) is 2.84. The van der Waals surface area contributed by atoms with Gasteiger partial charge in [-0.25, -0.2) is 0 Å². The van der Waals surface area contributed by atoms with Gasteiger partial charge in [0.05, 0.1) is 19.8 Å². The Labute approximate surface area is 123 Å². The average molecular weight is 298 g/mol. The zero-order valence-corrected chi connectivity index (χ0v) is 12.4. The molecule has 0 atom stereocenters. The number of benzene rings is 1. The normalized spacial score (nSPS) is 11.3. The van der Waals surface area contributed by atoms with E-state index in [1.54, 1.807) is 7.11 Å². The Balaban J connectivity index is 2.00. The first-order valence-corrected chi connectivity index (χ1v) is 7.09. The molecule has 1 N–H and O–H groups in total. The number of aliphatic hydroxyl groups is 1. The molecule has 0 aliphatic heterocycles. The van der Waals surface area contributed by atoms with Crippen LogP contribution >= 0.6 is 11.6 Å². The van der Waals surface area contributed by atoms with Crippen LogP contribution in [0.3, 0.4) is 0 Å². The zero-order chi connectivity index (χ0) is 14.4. The Bertz CT molecular complexity index is 553. The summed E-state index contributed by atoms with van der Waals surface area (Å²) in [4.78, 5) is 0. The van der Waals surface area contributed by atoms with Crippen LogP contribution in [0.4, 0.5) is 0 Å². The molecular formula is C15H20ClNO3. The van der Waals surface area contributed by atoms with Crippen molar-refractivity contribution in [2.24, 2.45) is 0 Å². The fraction of sp³-hybridized carbons (Fsp3) is 0.467. The van der Waals surface area contributed by atoms with Gasteiger partial charge < -0.3 is 19.1 Å². The Hall–Kier alpha value is -1.07. The number of hydrogen-bond acceptors (Lipinski definition) is 3. The molecule has 1 aromatic carbocycles. The second-order valence-corrected chi connectivity index (χ2v) is 5.06. The highest BCUT2D eigenvalue weighted by atomic mass is 35.5. The summed E-state index contributed by atoms with van der Waals surface area (Å²) in [5, 5.41) is 11.2. The number of aryl methyl sites for hydroxylation is 1. The van der Waals surface area contributed by atoms with Crippen LogP contribution in [0.1, 0.15) is 12.0 Å². The molecule has 0 unspecified atom stereocenters. The molecule has 0 saturated carbocycles. The summed E-state index contributed by atoms with van der Waals surface area (Å²) >= 11 is 6.05. The first-order chi connectivity index (χ1) is 9.76. The summed E-state index contributed by atoms with van der Waals surface area (Å²) in [6, 6.07) is 5.73. The third kappa shape index (κ3) is 3.73. The minimum absolute atomic E-state index is 0.0372. The molecule has 0 spiro atoms. The maximum atomic E-state index is 9.40. The van der Waals surface area contributed by atoms with Crippen LogP contribution in [-0.2, 0) is 22.6 Å². The molecule has 0 radical (unpaired) electrons. The monoisotopic (exact) mass is 297 g/mol. The van der Waals surface area contributed by atoms with Gasteiger partial charge in [0, 0.05) is 47.9 Å². The highest BCUT2D eigenvalue weighted by Gasteiger charge is 2.08. The van der Waals surface area contributed by atoms with E-state index >= 15 is 0 Å². The van der Waals surface area contributed by atoms with Crippen molar-refractivity contribution in [1.29, 1.82) is 0 Å². The minimum Gasteiger partial charge on any atom is -0.392 e. The molecule has 1 heterocycles. The predicted molar refractivity (Wildman–Crippen MR) is 80.2 cm³/mol. The van der Waals surface area contributed by atoms with E-state index in [4.69, 9.17) is 21.1 Å². The van der Waals surface area contributed by atoms with Gasteiger partial charge in [0.25, 0.3) is 0 Å². The lowest BCUT2D eigenvalue weighted by atomic mass is 10.2. The van der Waals surface area contributed by atoms with E-state index in [1.807, 2.05) is 24.4 Å². The van der Waals surface area contributed by atoms with Crippen molar-refractivity contribution in [3.05, 3.63) is 35.0 Å². The summed E-state index contributed by atoms with van der Waals surface area (Å²) in [5.74, 6) is 0. The van der Waals surface area contributed by atoms with E-state index < -0.39 is 0 Å². The molecule has 2 aromatic rings. The Morgan fingerprint density at radius 1 is 1.25 bits per heavy atom. The molecule has 0 fully saturated rings. The molecule has 4 nitrogen and oxygen atoms in total. The lowest BCUT2D eigenvalue weighted by Crippen LogP contribution is -2.05. The van der Waals surface area contributed by atoms with Gasteiger partial charge in [-0.1, -0.05) is 17.7 Å². The van der Waals surface area contributed by atoms with Crippen molar-refractivity contribution in [3.63, 3.8) is 0 Å². The molecule has 0 amide bonds. The van der Waals surface area contributed by atoms with Crippen molar-refractivity contribution in [3.8, 4) is 0 Å². The van der Waals surface area contributed by atoms with Crippen molar-refractivity contribution < 1.29 is 14.6 Å². The van der Waals surface area contributed by atoms with E-state index in [1.165, 1.54) is 0 Å². The molecule has 110 valence electrons. The number of rotatable bonds is 8. The topological polar surface area (TPSA) is 43.6 Å². The van der Waals surface area contributed by atoms with Gasteiger partial charge >= 0.3 is 0 Å². The van der Waals surface area contributed by atoms with Gasteiger partial charge in [-0.15, -0.1) is 0 Å². The molecule has 0 aliphatic rings. The summed E-state index contributed by atoms with van der Waals surface area (Å²) in [5.41, 5.74) is 1.98. The smallest absolute Gasteiger partial charge is 0.0702 e. The van der Waals surface area contributed by atoms with Crippen molar-refractivity contribution in [2.75, 3.05) is 26.9 Å². The quantitative estimate of drug-likeness (QED) is 0.762. The number of nitrogens with zero attached hydrogens (tertiary/aromatic N) is 1. The Morgan fingerprint density at radius 3 is 2.85 bits per heavy atom. The minimum atomic E-state index is 0.0372. The van der Waals surface area contributed by atoms with E-state index in [0.29, 0.717) is 24.8 Å².